The van der Waals surface area contributed by atoms with Crippen LogP contribution in [0.2, 0.25) is 0 Å². The number of phenolic OH excluding ortho intramolecular Hbond substituents is 1. The second kappa shape index (κ2) is 7.29. The lowest BCUT2D eigenvalue weighted by atomic mass is 9.84. The van der Waals surface area contributed by atoms with E-state index in [9.17, 15) is 29.4 Å². The van der Waals surface area contributed by atoms with Crippen molar-refractivity contribution < 1.29 is 14.9 Å². The van der Waals surface area contributed by atoms with Crippen LogP contribution in [0.25, 0.3) is 0 Å². The number of benzene rings is 1. The van der Waals surface area contributed by atoms with Crippen molar-refractivity contribution in [3.63, 3.8) is 0 Å². The van der Waals surface area contributed by atoms with E-state index in [4.69, 9.17) is 4.74 Å². The van der Waals surface area contributed by atoms with E-state index < -0.39 is 46.4 Å². The van der Waals surface area contributed by atoms with E-state index in [1.807, 2.05) is 0 Å². The third-order valence-corrected chi connectivity index (χ3v) is 5.42. The summed E-state index contributed by atoms with van der Waals surface area (Å²) >= 11 is 0. The van der Waals surface area contributed by atoms with Gasteiger partial charge in [0.2, 0.25) is 11.8 Å². The molecule has 11 nitrogen and oxygen atoms in total. The van der Waals surface area contributed by atoms with Crippen molar-refractivity contribution in [3.05, 3.63) is 76.6 Å². The molecule has 1 aliphatic rings. The predicted molar refractivity (Wildman–Crippen MR) is 114 cm³/mol. The molecule has 0 aliphatic carbocycles. The van der Waals surface area contributed by atoms with Crippen LogP contribution in [0, 0.1) is 0 Å². The Morgan fingerprint density at radius 3 is 2.16 bits per heavy atom. The van der Waals surface area contributed by atoms with Crippen LogP contribution >= 0.6 is 0 Å². The maximum atomic E-state index is 13.4. The Hall–Kier alpha value is -4.02. The number of hydrogen-bond acceptors (Lipinski definition) is 7. The van der Waals surface area contributed by atoms with Gasteiger partial charge < -0.3 is 14.9 Å². The Kier molecular flexibility index (Phi) is 4.83. The highest BCUT2D eigenvalue weighted by atomic mass is 16.5. The van der Waals surface area contributed by atoms with Gasteiger partial charge in [0.05, 0.1) is 17.0 Å². The van der Waals surface area contributed by atoms with Crippen molar-refractivity contribution in [2.24, 2.45) is 0 Å². The Labute approximate surface area is 180 Å². The molecule has 0 spiro atoms. The number of ether oxygens (including phenoxy) is 1. The van der Waals surface area contributed by atoms with Crippen LogP contribution < -0.4 is 27.2 Å². The average Bonchev–Trinajstić information content (AvgIpc) is 2.65. The number of fused-ring (bicyclic) bond motifs is 2. The molecule has 32 heavy (non-hydrogen) atoms. The summed E-state index contributed by atoms with van der Waals surface area (Å²) in [6, 6.07) is 3.05. The first-order chi connectivity index (χ1) is 15.0. The van der Waals surface area contributed by atoms with E-state index in [0.717, 1.165) is 9.13 Å². The van der Waals surface area contributed by atoms with Crippen molar-refractivity contribution in [2.45, 2.75) is 45.7 Å². The van der Waals surface area contributed by atoms with Crippen molar-refractivity contribution in [1.29, 1.82) is 0 Å². The minimum Gasteiger partial charge on any atom is -0.508 e. The summed E-state index contributed by atoms with van der Waals surface area (Å²) in [4.78, 5) is 55.8. The molecule has 0 radical (unpaired) electrons. The fraction of sp³-hybridized carbons (Fsp3) is 0.333. The number of hydrogen-bond donors (Lipinski definition) is 4. The molecule has 0 fully saturated rings. The number of aromatic amines is 2. The molecule has 0 saturated heterocycles. The smallest absolute Gasteiger partial charge is 0.331 e. The molecule has 4 N–H and O–H groups in total. The molecule has 0 bridgehead atoms. The largest absolute Gasteiger partial charge is 0.508 e. The molecule has 4 rings (SSSR count). The fourth-order valence-corrected chi connectivity index (χ4v) is 4.05. The van der Waals surface area contributed by atoms with Crippen molar-refractivity contribution in [3.8, 4) is 23.3 Å². The van der Waals surface area contributed by atoms with Gasteiger partial charge in [0.15, 0.2) is 0 Å². The summed E-state index contributed by atoms with van der Waals surface area (Å²) in [5, 5.41) is 20.9. The zero-order valence-corrected chi connectivity index (χ0v) is 17.8. The van der Waals surface area contributed by atoms with Crippen LogP contribution in [0.3, 0.4) is 0 Å². The van der Waals surface area contributed by atoms with Gasteiger partial charge in [-0.25, -0.2) is 9.59 Å². The zero-order chi connectivity index (χ0) is 23.5. The summed E-state index contributed by atoms with van der Waals surface area (Å²) < 4.78 is 7.67. The lowest BCUT2D eigenvalue weighted by Crippen LogP contribution is -2.42. The van der Waals surface area contributed by atoms with Gasteiger partial charge in [-0.05, 0) is 33.8 Å². The molecule has 2 aromatic heterocycles. The summed E-state index contributed by atoms with van der Waals surface area (Å²) in [6.45, 7) is 6.60. The number of rotatable bonds is 3. The Morgan fingerprint density at radius 2 is 1.53 bits per heavy atom. The first-order valence-corrected chi connectivity index (χ1v) is 10.00. The van der Waals surface area contributed by atoms with Gasteiger partial charge in [-0.3, -0.25) is 28.7 Å². The summed E-state index contributed by atoms with van der Waals surface area (Å²) in [5.41, 5.74) is -3.14. The quantitative estimate of drug-likeness (QED) is 0.371. The molecule has 3 heterocycles. The molecule has 0 amide bonds. The van der Waals surface area contributed by atoms with E-state index in [0.29, 0.717) is 5.56 Å². The van der Waals surface area contributed by atoms with Crippen LogP contribution in [0.5, 0.6) is 23.3 Å². The number of aromatic nitrogens is 4. The molecule has 1 aliphatic heterocycles. The minimum atomic E-state index is -1.18. The molecular formula is C21H22N4O7. The van der Waals surface area contributed by atoms with E-state index >= 15 is 0 Å². The minimum absolute atomic E-state index is 0.0776. The van der Waals surface area contributed by atoms with Crippen molar-refractivity contribution in [1.82, 2.24) is 19.1 Å². The van der Waals surface area contributed by atoms with E-state index in [-0.39, 0.29) is 28.5 Å². The summed E-state index contributed by atoms with van der Waals surface area (Å²) in [6.07, 6.45) is 0. The molecule has 0 saturated carbocycles. The third kappa shape index (κ3) is 3.04. The van der Waals surface area contributed by atoms with Gasteiger partial charge in [0.25, 0.3) is 11.1 Å². The van der Waals surface area contributed by atoms with Gasteiger partial charge in [-0.1, -0.05) is 6.07 Å². The van der Waals surface area contributed by atoms with Gasteiger partial charge in [0, 0.05) is 23.7 Å². The van der Waals surface area contributed by atoms with Crippen LogP contribution in [0.4, 0.5) is 0 Å². The number of nitrogens with zero attached hydrogens (tertiary/aromatic N) is 2. The second-order valence-corrected chi connectivity index (χ2v) is 8.16. The van der Waals surface area contributed by atoms with Crippen LogP contribution in [-0.2, 0) is 0 Å². The number of aromatic hydroxyl groups is 2. The molecule has 168 valence electrons. The van der Waals surface area contributed by atoms with Gasteiger partial charge in [0.1, 0.15) is 11.5 Å². The topological polar surface area (TPSA) is 159 Å². The Morgan fingerprint density at radius 1 is 0.906 bits per heavy atom. The van der Waals surface area contributed by atoms with Crippen LogP contribution in [0.1, 0.15) is 62.4 Å². The zero-order valence-electron chi connectivity index (χ0n) is 17.8. The molecular weight excluding hydrogens is 420 g/mol. The maximum absolute atomic E-state index is 13.4. The van der Waals surface area contributed by atoms with Gasteiger partial charge in [-0.15, -0.1) is 0 Å². The predicted octanol–water partition coefficient (Wildman–Crippen LogP) is 1.25. The van der Waals surface area contributed by atoms with Crippen LogP contribution in [0.15, 0.2) is 37.4 Å². The maximum Gasteiger partial charge on any atom is 0.331 e. The van der Waals surface area contributed by atoms with E-state index in [1.54, 1.807) is 27.7 Å². The molecule has 1 aromatic carbocycles. The first kappa shape index (κ1) is 21.2. The lowest BCUT2D eigenvalue weighted by molar-refractivity contribution is 0.368. The SMILES string of the molecule is CC(C)n1c(O)c([C@H]2c3ccc(O)cc3Oc3[nH]c(=O)n(C(C)C)c(=O)c32)c(=O)[nH]c1=O. The molecule has 11 heteroatoms. The standard InChI is InChI=1S/C21H22N4O7/c1-8(2)24-18(28)14(16(27)22-20(24)30)13-11-6-5-10(26)7-12(11)32-17-15(13)19(29)25(9(3)4)21(31)23-17/h5-9,13,26,28H,1-4H3,(H,23,31)(H,22,27,30)/t13-/m1/s1. The molecule has 1 atom stereocenters. The fourth-order valence-electron chi connectivity index (χ4n) is 4.05. The average molecular weight is 442 g/mol. The number of phenols is 1. The highest BCUT2D eigenvalue weighted by molar-refractivity contribution is 5.58. The Bertz CT molecular complexity index is 1470. The number of H-pyrrole nitrogens is 2. The van der Waals surface area contributed by atoms with Gasteiger partial charge in [-0.2, -0.15) is 0 Å². The summed E-state index contributed by atoms with van der Waals surface area (Å²) in [5.74, 6) is -2.05. The highest BCUT2D eigenvalue weighted by Crippen LogP contribution is 2.46. The lowest BCUT2D eigenvalue weighted by Gasteiger charge is -2.28. The van der Waals surface area contributed by atoms with E-state index in [2.05, 4.69) is 9.97 Å². The summed E-state index contributed by atoms with van der Waals surface area (Å²) in [7, 11) is 0. The van der Waals surface area contributed by atoms with Crippen molar-refractivity contribution >= 4 is 0 Å². The highest BCUT2D eigenvalue weighted by Gasteiger charge is 2.38. The normalized spacial score (nSPS) is 14.9. The van der Waals surface area contributed by atoms with Crippen LogP contribution in [-0.4, -0.2) is 29.3 Å². The number of nitrogens with one attached hydrogen (secondary N) is 2. The monoisotopic (exact) mass is 442 g/mol. The molecule has 0 unspecified atom stereocenters. The van der Waals surface area contributed by atoms with E-state index in [1.165, 1.54) is 18.2 Å². The Balaban J connectivity index is 2.18. The third-order valence-electron chi connectivity index (χ3n) is 5.42. The second-order valence-electron chi connectivity index (χ2n) is 8.16. The molecule has 3 aromatic rings. The first-order valence-electron chi connectivity index (χ1n) is 10.00. The van der Waals surface area contributed by atoms with Gasteiger partial charge >= 0.3 is 11.4 Å². The van der Waals surface area contributed by atoms with Crippen molar-refractivity contribution in [2.75, 3.05) is 0 Å².